The highest BCUT2D eigenvalue weighted by Gasteiger charge is 2.34. The minimum atomic E-state index is -0.853. The molecule has 5 nitrogen and oxygen atoms in total. The lowest BCUT2D eigenvalue weighted by molar-refractivity contribution is -0.140. The molecule has 35 heavy (non-hydrogen) atoms. The van der Waals surface area contributed by atoms with Crippen LogP contribution in [-0.2, 0) is 22.6 Å². The number of amides is 2. The quantitative estimate of drug-likeness (QED) is 0.378. The van der Waals surface area contributed by atoms with Crippen LogP contribution in [0.1, 0.15) is 28.2 Å². The van der Waals surface area contributed by atoms with Gasteiger partial charge in [0, 0.05) is 13.0 Å². The molecule has 3 N–H and O–H groups in total. The van der Waals surface area contributed by atoms with Crippen LogP contribution in [0.25, 0.3) is 0 Å². The molecular formula is C30H28N2O3. The minimum absolute atomic E-state index is 0.133. The number of primary amides is 1. The third-order valence-electron chi connectivity index (χ3n) is 6.06. The van der Waals surface area contributed by atoms with Gasteiger partial charge in [0.2, 0.25) is 11.8 Å². The van der Waals surface area contributed by atoms with E-state index in [1.54, 1.807) is 29.2 Å². The predicted octanol–water partition coefficient (Wildman–Crippen LogP) is 4.65. The number of phenols is 1. The van der Waals surface area contributed by atoms with E-state index in [1.165, 1.54) is 0 Å². The molecule has 0 aliphatic rings. The van der Waals surface area contributed by atoms with E-state index >= 15 is 0 Å². The Morgan fingerprint density at radius 3 is 1.66 bits per heavy atom. The molecule has 2 amide bonds. The van der Waals surface area contributed by atoms with Gasteiger partial charge in [-0.1, -0.05) is 103 Å². The summed E-state index contributed by atoms with van der Waals surface area (Å²) in [5, 5.41) is 9.72. The van der Waals surface area contributed by atoms with Crippen LogP contribution in [0.4, 0.5) is 0 Å². The molecule has 1 atom stereocenters. The average molecular weight is 465 g/mol. The Morgan fingerprint density at radius 1 is 0.686 bits per heavy atom. The first-order chi connectivity index (χ1) is 17.0. The van der Waals surface area contributed by atoms with E-state index in [9.17, 15) is 14.7 Å². The van der Waals surface area contributed by atoms with Crippen molar-refractivity contribution in [2.24, 2.45) is 5.73 Å². The van der Waals surface area contributed by atoms with Crippen molar-refractivity contribution in [3.05, 3.63) is 138 Å². The van der Waals surface area contributed by atoms with E-state index < -0.39 is 17.9 Å². The standard InChI is InChI=1S/C30H28N2O3/c31-29(34)27(20-22-10-4-1-5-11-22)32(21-23-16-18-26(33)19-17-23)30(35)28(24-12-6-2-7-13-24)25-14-8-3-9-15-25/h1-19,27-28,33H,20-21H2,(H2,31,34)/t27-/m1/s1. The van der Waals surface area contributed by atoms with Crippen LogP contribution in [0.5, 0.6) is 5.75 Å². The number of hydrogen-bond donors (Lipinski definition) is 2. The Hall–Kier alpha value is -4.38. The zero-order valence-electron chi connectivity index (χ0n) is 19.3. The fourth-order valence-corrected chi connectivity index (χ4v) is 4.28. The van der Waals surface area contributed by atoms with E-state index in [0.717, 1.165) is 22.3 Å². The Labute approximate surface area is 205 Å². The highest BCUT2D eigenvalue weighted by Crippen LogP contribution is 2.29. The van der Waals surface area contributed by atoms with Gasteiger partial charge in [0.25, 0.3) is 0 Å². The fourth-order valence-electron chi connectivity index (χ4n) is 4.28. The molecule has 0 saturated carbocycles. The highest BCUT2D eigenvalue weighted by atomic mass is 16.3. The maximum atomic E-state index is 14.3. The van der Waals surface area contributed by atoms with E-state index in [4.69, 9.17) is 5.73 Å². The Bertz CT molecular complexity index is 1200. The number of nitrogens with two attached hydrogens (primary N) is 1. The van der Waals surface area contributed by atoms with Gasteiger partial charge in [0.05, 0.1) is 5.92 Å². The molecule has 0 radical (unpaired) electrons. The van der Waals surface area contributed by atoms with Gasteiger partial charge in [0.1, 0.15) is 11.8 Å². The topological polar surface area (TPSA) is 83.6 Å². The third kappa shape index (κ3) is 5.95. The van der Waals surface area contributed by atoms with E-state index in [2.05, 4.69) is 0 Å². The second-order valence-corrected chi connectivity index (χ2v) is 8.49. The van der Waals surface area contributed by atoms with Crippen LogP contribution in [0.2, 0.25) is 0 Å². The molecule has 4 rings (SSSR count). The predicted molar refractivity (Wildman–Crippen MR) is 137 cm³/mol. The van der Waals surface area contributed by atoms with Gasteiger partial charge in [-0.25, -0.2) is 0 Å². The number of nitrogens with zero attached hydrogens (tertiary/aromatic N) is 1. The lowest BCUT2D eigenvalue weighted by Gasteiger charge is -2.33. The van der Waals surface area contributed by atoms with Gasteiger partial charge in [-0.05, 0) is 34.4 Å². The summed E-state index contributed by atoms with van der Waals surface area (Å²) in [4.78, 5) is 28.7. The number of aromatic hydroxyl groups is 1. The van der Waals surface area contributed by atoms with Crippen molar-refractivity contribution >= 4 is 11.8 Å². The SMILES string of the molecule is NC(=O)[C@@H](Cc1ccccc1)N(Cc1ccc(O)cc1)C(=O)C(c1ccccc1)c1ccccc1. The summed E-state index contributed by atoms with van der Waals surface area (Å²) in [7, 11) is 0. The smallest absolute Gasteiger partial charge is 0.240 e. The van der Waals surface area contributed by atoms with Crippen molar-refractivity contribution in [3.63, 3.8) is 0 Å². The van der Waals surface area contributed by atoms with Crippen LogP contribution >= 0.6 is 0 Å². The zero-order chi connectivity index (χ0) is 24.6. The summed E-state index contributed by atoms with van der Waals surface area (Å²) >= 11 is 0. The van der Waals surface area contributed by atoms with Crippen LogP contribution < -0.4 is 5.73 Å². The molecule has 0 aliphatic heterocycles. The summed E-state index contributed by atoms with van der Waals surface area (Å²) in [6, 6.07) is 34.4. The Balaban J connectivity index is 1.78. The van der Waals surface area contributed by atoms with E-state index in [0.29, 0.717) is 6.42 Å². The molecule has 0 fully saturated rings. The minimum Gasteiger partial charge on any atom is -0.508 e. The van der Waals surface area contributed by atoms with Gasteiger partial charge >= 0.3 is 0 Å². The van der Waals surface area contributed by atoms with E-state index in [-0.39, 0.29) is 18.2 Å². The van der Waals surface area contributed by atoms with Crippen molar-refractivity contribution in [2.75, 3.05) is 0 Å². The molecule has 176 valence electrons. The summed E-state index contributed by atoms with van der Waals surface area (Å²) in [6.45, 7) is 0.176. The van der Waals surface area contributed by atoms with Crippen molar-refractivity contribution in [1.82, 2.24) is 4.90 Å². The van der Waals surface area contributed by atoms with Gasteiger partial charge in [-0.2, -0.15) is 0 Å². The first kappa shape index (κ1) is 23.8. The molecule has 4 aromatic carbocycles. The molecule has 0 spiro atoms. The summed E-state index contributed by atoms with van der Waals surface area (Å²) < 4.78 is 0. The fraction of sp³-hybridized carbons (Fsp3) is 0.133. The molecule has 0 saturated heterocycles. The van der Waals surface area contributed by atoms with Crippen LogP contribution in [0, 0.1) is 0 Å². The Morgan fingerprint density at radius 2 is 1.17 bits per heavy atom. The summed E-state index contributed by atoms with van der Waals surface area (Å²) in [5.41, 5.74) is 9.28. The number of rotatable bonds is 9. The molecule has 4 aromatic rings. The largest absolute Gasteiger partial charge is 0.508 e. The number of carbonyl (C=O) groups is 2. The third-order valence-corrected chi connectivity index (χ3v) is 6.06. The lowest BCUT2D eigenvalue weighted by Crippen LogP contribution is -2.50. The van der Waals surface area contributed by atoms with Crippen molar-refractivity contribution in [2.45, 2.75) is 24.9 Å². The van der Waals surface area contributed by atoms with Crippen LogP contribution in [-0.4, -0.2) is 27.9 Å². The molecule has 0 aliphatic carbocycles. The second-order valence-electron chi connectivity index (χ2n) is 8.49. The average Bonchev–Trinajstić information content (AvgIpc) is 2.89. The molecule has 0 bridgehead atoms. The normalized spacial score (nSPS) is 11.7. The number of phenolic OH excluding ortho intramolecular Hbond substituents is 1. The number of carbonyl (C=O) groups excluding carboxylic acids is 2. The van der Waals surface area contributed by atoms with Gasteiger partial charge in [-0.3, -0.25) is 9.59 Å². The molecule has 0 unspecified atom stereocenters. The van der Waals surface area contributed by atoms with Gasteiger partial charge < -0.3 is 15.7 Å². The first-order valence-electron chi connectivity index (χ1n) is 11.5. The first-order valence-corrected chi connectivity index (χ1v) is 11.5. The maximum Gasteiger partial charge on any atom is 0.240 e. The highest BCUT2D eigenvalue weighted by molar-refractivity contribution is 5.92. The number of hydrogen-bond acceptors (Lipinski definition) is 3. The number of benzene rings is 4. The van der Waals surface area contributed by atoms with Crippen LogP contribution in [0.3, 0.4) is 0 Å². The Kier molecular flexibility index (Phi) is 7.58. The van der Waals surface area contributed by atoms with Gasteiger partial charge in [0.15, 0.2) is 0 Å². The second kappa shape index (κ2) is 11.2. The summed E-state index contributed by atoms with van der Waals surface area (Å²) in [6.07, 6.45) is 0.302. The van der Waals surface area contributed by atoms with E-state index in [1.807, 2.05) is 91.0 Å². The van der Waals surface area contributed by atoms with Crippen molar-refractivity contribution in [1.29, 1.82) is 0 Å². The zero-order valence-corrected chi connectivity index (χ0v) is 19.3. The molecular weight excluding hydrogens is 436 g/mol. The van der Waals surface area contributed by atoms with Crippen LogP contribution in [0.15, 0.2) is 115 Å². The van der Waals surface area contributed by atoms with Crippen molar-refractivity contribution in [3.8, 4) is 5.75 Å². The molecule has 5 heteroatoms. The summed E-state index contributed by atoms with van der Waals surface area (Å²) in [5.74, 6) is -1.25. The maximum absolute atomic E-state index is 14.3. The molecule has 0 aromatic heterocycles. The van der Waals surface area contributed by atoms with Crippen molar-refractivity contribution < 1.29 is 14.7 Å². The lowest BCUT2D eigenvalue weighted by atomic mass is 9.89. The van der Waals surface area contributed by atoms with Gasteiger partial charge in [-0.15, -0.1) is 0 Å². The monoisotopic (exact) mass is 464 g/mol. The molecule has 0 heterocycles.